The second kappa shape index (κ2) is 7.43. The third kappa shape index (κ3) is 3.55. The molecule has 9 heteroatoms. The van der Waals surface area contributed by atoms with Crippen LogP contribution in [0.2, 0.25) is 0 Å². The number of carbonyl (C=O) groups is 1. The minimum atomic E-state index is -0.391. The van der Waals surface area contributed by atoms with Gasteiger partial charge < -0.3 is 24.8 Å². The maximum atomic E-state index is 12.4. The van der Waals surface area contributed by atoms with Gasteiger partial charge >= 0.3 is 0 Å². The molecule has 2 aromatic rings. The Bertz CT molecular complexity index is 963. The van der Waals surface area contributed by atoms with Crippen molar-refractivity contribution >= 4 is 27.9 Å². The molecule has 0 saturated carbocycles. The number of nitrogens with one attached hydrogen (secondary N) is 2. The molecule has 1 aromatic heterocycles. The summed E-state index contributed by atoms with van der Waals surface area (Å²) in [5, 5.41) is 27.1. The second-order valence-corrected chi connectivity index (χ2v) is 7.95. The number of benzene rings is 1. The van der Waals surface area contributed by atoms with Gasteiger partial charge in [0.1, 0.15) is 17.3 Å². The highest BCUT2D eigenvalue weighted by molar-refractivity contribution is 8.13. The number of phenols is 2. The van der Waals surface area contributed by atoms with Crippen molar-refractivity contribution in [2.24, 2.45) is 4.99 Å². The zero-order valence-corrected chi connectivity index (χ0v) is 16.3. The fourth-order valence-corrected chi connectivity index (χ4v) is 3.56. The molecule has 0 aliphatic carbocycles. The maximum absolute atomic E-state index is 12.4. The zero-order valence-electron chi connectivity index (χ0n) is 15.5. The van der Waals surface area contributed by atoms with Crippen LogP contribution in [0.5, 0.6) is 11.5 Å². The lowest BCUT2D eigenvalue weighted by Crippen LogP contribution is -2.27. The Labute approximate surface area is 159 Å². The summed E-state index contributed by atoms with van der Waals surface area (Å²) in [5.74, 6) is 0.129. The highest BCUT2D eigenvalue weighted by Crippen LogP contribution is 2.40. The number of amidine groups is 1. The van der Waals surface area contributed by atoms with E-state index in [-0.39, 0.29) is 39.5 Å². The van der Waals surface area contributed by atoms with Crippen LogP contribution >= 0.6 is 10.7 Å². The summed E-state index contributed by atoms with van der Waals surface area (Å²) >= 11 is 0. The smallest absolute Gasteiger partial charge is 0.274 e. The molecule has 4 N–H and O–H groups in total. The van der Waals surface area contributed by atoms with Crippen LogP contribution in [0.4, 0.5) is 0 Å². The molecular formula is C18H22N4O4S. The first kappa shape index (κ1) is 19.0. The van der Waals surface area contributed by atoms with E-state index in [1.807, 2.05) is 27.0 Å². The number of aromatic hydroxyl groups is 2. The lowest BCUT2D eigenvalue weighted by molar-refractivity contribution is 0.0946. The maximum Gasteiger partial charge on any atom is 0.274 e. The van der Waals surface area contributed by atoms with E-state index in [1.165, 1.54) is 6.07 Å². The van der Waals surface area contributed by atoms with Gasteiger partial charge in [0.05, 0.1) is 16.6 Å². The fraction of sp³-hybridized carbons (Fsp3) is 0.333. The van der Waals surface area contributed by atoms with E-state index in [0.717, 1.165) is 0 Å². The molecule has 0 saturated heterocycles. The number of hydrogen-bond donors (Lipinski definition) is 4. The van der Waals surface area contributed by atoms with Crippen molar-refractivity contribution < 1.29 is 19.5 Å². The van der Waals surface area contributed by atoms with Gasteiger partial charge in [-0.05, 0) is 30.7 Å². The highest BCUT2D eigenvalue weighted by Gasteiger charge is 2.30. The molecule has 3 rings (SSSR count). The van der Waals surface area contributed by atoms with Crippen molar-refractivity contribution in [1.29, 1.82) is 0 Å². The second-order valence-electron chi connectivity index (χ2n) is 6.42. The number of nitrogens with zero attached hydrogens (tertiary/aromatic N) is 2. The summed E-state index contributed by atoms with van der Waals surface area (Å²) in [6, 6.07) is 2.91. The van der Waals surface area contributed by atoms with Crippen molar-refractivity contribution in [3.63, 3.8) is 0 Å². The van der Waals surface area contributed by atoms with Crippen LogP contribution in [0.1, 0.15) is 48.3 Å². The Morgan fingerprint density at radius 2 is 2.07 bits per heavy atom. The SMILES string of the molecule is CCNC(=O)c1noc(-c2cc(C(C)C)c(O)cc2O)c1C1=NC=S(C)N1. The van der Waals surface area contributed by atoms with Crippen molar-refractivity contribution in [1.82, 2.24) is 15.2 Å². The van der Waals surface area contributed by atoms with E-state index in [4.69, 9.17) is 4.52 Å². The molecule has 144 valence electrons. The fourth-order valence-electron chi connectivity index (χ4n) is 2.78. The Hall–Kier alpha value is -2.81. The number of amides is 1. The summed E-state index contributed by atoms with van der Waals surface area (Å²) < 4.78 is 8.65. The third-order valence-corrected chi connectivity index (χ3v) is 5.03. The largest absolute Gasteiger partial charge is 0.508 e. The number of hydrogen-bond acceptors (Lipinski definition) is 7. The third-order valence-electron chi connectivity index (χ3n) is 4.09. The molecule has 1 amide bonds. The van der Waals surface area contributed by atoms with Crippen LogP contribution in [0.3, 0.4) is 0 Å². The first-order chi connectivity index (χ1) is 12.8. The molecule has 0 radical (unpaired) electrons. The summed E-state index contributed by atoms with van der Waals surface area (Å²) in [4.78, 5) is 16.8. The van der Waals surface area contributed by atoms with Gasteiger partial charge in [-0.25, -0.2) is 4.99 Å². The number of rotatable bonds is 5. The molecule has 1 aliphatic rings. The quantitative estimate of drug-likeness (QED) is 0.583. The normalized spacial score (nSPS) is 16.0. The van der Waals surface area contributed by atoms with Crippen molar-refractivity contribution in [2.45, 2.75) is 26.7 Å². The molecule has 0 spiro atoms. The van der Waals surface area contributed by atoms with Crippen LogP contribution in [-0.2, 0) is 0 Å². The average Bonchev–Trinajstić information content (AvgIpc) is 3.20. The lowest BCUT2D eigenvalue weighted by atomic mass is 9.96. The van der Waals surface area contributed by atoms with Crippen molar-refractivity contribution in [3.8, 4) is 22.8 Å². The summed E-state index contributed by atoms with van der Waals surface area (Å²) in [6.45, 7) is 6.10. The van der Waals surface area contributed by atoms with E-state index in [0.29, 0.717) is 29.1 Å². The summed E-state index contributed by atoms with van der Waals surface area (Å²) in [7, 11) is -0.281. The number of phenolic OH excluding ortho intramolecular Hbond substituents is 2. The van der Waals surface area contributed by atoms with Crippen LogP contribution in [0.15, 0.2) is 21.6 Å². The van der Waals surface area contributed by atoms with E-state index in [2.05, 4.69) is 20.2 Å². The van der Waals surface area contributed by atoms with Crippen molar-refractivity contribution in [3.05, 3.63) is 29.0 Å². The first-order valence-corrected chi connectivity index (χ1v) is 10.2. The Morgan fingerprint density at radius 3 is 2.67 bits per heavy atom. The molecule has 0 fully saturated rings. The van der Waals surface area contributed by atoms with Gasteiger partial charge in [0, 0.05) is 12.6 Å². The first-order valence-electron chi connectivity index (χ1n) is 8.50. The van der Waals surface area contributed by atoms with Gasteiger partial charge in [-0.15, -0.1) is 0 Å². The van der Waals surface area contributed by atoms with Gasteiger partial charge in [0.15, 0.2) is 11.5 Å². The lowest BCUT2D eigenvalue weighted by Gasteiger charge is -2.12. The van der Waals surface area contributed by atoms with E-state index >= 15 is 0 Å². The Balaban J connectivity index is 2.20. The topological polar surface area (TPSA) is 120 Å². The zero-order chi connectivity index (χ0) is 19.7. The minimum absolute atomic E-state index is 0.00367. The monoisotopic (exact) mass is 390 g/mol. The predicted octanol–water partition coefficient (Wildman–Crippen LogP) is 2.55. The van der Waals surface area contributed by atoms with Crippen molar-refractivity contribution in [2.75, 3.05) is 12.8 Å². The van der Waals surface area contributed by atoms with Crippen LogP contribution in [0.25, 0.3) is 11.3 Å². The number of aromatic nitrogens is 1. The highest BCUT2D eigenvalue weighted by atomic mass is 32.2. The van der Waals surface area contributed by atoms with Gasteiger partial charge in [-0.3, -0.25) is 4.79 Å². The van der Waals surface area contributed by atoms with Gasteiger partial charge in [-0.2, -0.15) is 0 Å². The predicted molar refractivity (Wildman–Crippen MR) is 107 cm³/mol. The molecule has 0 bridgehead atoms. The molecule has 2 heterocycles. The van der Waals surface area contributed by atoms with E-state index in [9.17, 15) is 15.0 Å². The average molecular weight is 390 g/mol. The van der Waals surface area contributed by atoms with E-state index in [1.54, 1.807) is 11.6 Å². The Morgan fingerprint density at radius 1 is 1.33 bits per heavy atom. The number of aliphatic imine (C=N–C) groups is 1. The molecule has 1 aliphatic heterocycles. The Kier molecular flexibility index (Phi) is 5.22. The summed E-state index contributed by atoms with van der Waals surface area (Å²) in [6.07, 6.45) is 1.95. The molecule has 8 nitrogen and oxygen atoms in total. The summed E-state index contributed by atoms with van der Waals surface area (Å²) in [5.41, 5.74) is 3.19. The van der Waals surface area contributed by atoms with Gasteiger partial charge in [0.2, 0.25) is 0 Å². The molecule has 1 unspecified atom stereocenters. The standard InChI is InChI=1S/C18H22N4O4S/c1-5-19-18(25)15-14(17-20-8-27(4)22-17)16(26-21-15)11-6-10(9(2)3)12(23)7-13(11)24/h6-9,23-24H,5H2,1-4H3,(H,19,25)(H,20,22). The van der Waals surface area contributed by atoms with Crippen LogP contribution < -0.4 is 10.0 Å². The molecule has 1 aromatic carbocycles. The van der Waals surface area contributed by atoms with E-state index < -0.39 is 5.91 Å². The molecular weight excluding hydrogens is 368 g/mol. The molecule has 27 heavy (non-hydrogen) atoms. The van der Waals surface area contributed by atoms with Crippen LogP contribution in [-0.4, -0.2) is 45.4 Å². The molecule has 1 atom stereocenters. The van der Waals surface area contributed by atoms with Crippen LogP contribution in [0, 0.1) is 0 Å². The minimum Gasteiger partial charge on any atom is -0.508 e. The van der Waals surface area contributed by atoms with Gasteiger partial charge in [0.25, 0.3) is 5.91 Å². The van der Waals surface area contributed by atoms with Gasteiger partial charge in [-0.1, -0.05) is 29.7 Å². The number of carbonyl (C=O) groups excluding carboxylic acids is 1.